The Hall–Kier alpha value is -2.56. The van der Waals surface area contributed by atoms with Gasteiger partial charge in [0, 0.05) is 18.3 Å². The number of methoxy groups -OCH3 is 1. The molecule has 0 bridgehead atoms. The SMILES string of the molecule is COc1ccc(NC(=O)C(C)(C)N2C=CC=CCC2=O)cc1. The van der Waals surface area contributed by atoms with E-state index in [0.717, 1.165) is 0 Å². The molecular formula is C17H20N2O3. The van der Waals surface area contributed by atoms with Gasteiger partial charge in [-0.15, -0.1) is 0 Å². The zero-order valence-electron chi connectivity index (χ0n) is 13.0. The van der Waals surface area contributed by atoms with Gasteiger partial charge in [-0.05, 0) is 44.2 Å². The monoisotopic (exact) mass is 300 g/mol. The summed E-state index contributed by atoms with van der Waals surface area (Å²) in [5, 5.41) is 2.83. The second-order valence-electron chi connectivity index (χ2n) is 5.48. The van der Waals surface area contributed by atoms with Crippen LogP contribution in [0.15, 0.2) is 48.7 Å². The Morgan fingerprint density at radius 1 is 1.23 bits per heavy atom. The van der Waals surface area contributed by atoms with Crippen molar-refractivity contribution in [3.05, 3.63) is 48.7 Å². The summed E-state index contributed by atoms with van der Waals surface area (Å²) in [6.45, 7) is 3.44. The van der Waals surface area contributed by atoms with Gasteiger partial charge in [0.25, 0.3) is 0 Å². The van der Waals surface area contributed by atoms with Gasteiger partial charge in [0.05, 0.1) is 7.11 Å². The minimum Gasteiger partial charge on any atom is -0.497 e. The summed E-state index contributed by atoms with van der Waals surface area (Å²) in [5.41, 5.74) is -0.331. The third-order valence-electron chi connectivity index (χ3n) is 3.55. The Morgan fingerprint density at radius 3 is 2.55 bits per heavy atom. The molecule has 2 amide bonds. The normalized spacial score (nSPS) is 14.7. The van der Waals surface area contributed by atoms with Crippen LogP contribution in [0.2, 0.25) is 0 Å². The van der Waals surface area contributed by atoms with Gasteiger partial charge >= 0.3 is 0 Å². The standard InChI is InChI=1S/C17H20N2O3/c1-17(2,19-12-6-4-5-7-15(19)20)16(21)18-13-8-10-14(22-3)11-9-13/h4-6,8-12H,7H2,1-3H3,(H,18,21). The number of allylic oxidation sites excluding steroid dienone is 2. The molecule has 0 radical (unpaired) electrons. The van der Waals surface area contributed by atoms with E-state index in [1.807, 2.05) is 0 Å². The second kappa shape index (κ2) is 6.47. The van der Waals surface area contributed by atoms with Crippen LogP contribution in [0.25, 0.3) is 0 Å². The van der Waals surface area contributed by atoms with Gasteiger partial charge in [0.1, 0.15) is 11.3 Å². The average Bonchev–Trinajstić information content (AvgIpc) is 2.73. The summed E-state index contributed by atoms with van der Waals surface area (Å²) in [6.07, 6.45) is 7.25. The molecule has 0 fully saturated rings. The van der Waals surface area contributed by atoms with Crippen molar-refractivity contribution in [2.24, 2.45) is 0 Å². The van der Waals surface area contributed by atoms with E-state index >= 15 is 0 Å². The number of rotatable bonds is 4. The number of carbonyl (C=O) groups is 2. The lowest BCUT2D eigenvalue weighted by molar-refractivity contribution is -0.139. The van der Waals surface area contributed by atoms with Crippen LogP contribution in [0.3, 0.4) is 0 Å². The number of carbonyl (C=O) groups excluding carboxylic acids is 2. The molecule has 0 atom stereocenters. The molecule has 0 unspecified atom stereocenters. The number of hydrogen-bond donors (Lipinski definition) is 1. The van der Waals surface area contributed by atoms with Gasteiger partial charge in [-0.3, -0.25) is 9.59 Å². The minimum absolute atomic E-state index is 0.111. The largest absolute Gasteiger partial charge is 0.497 e. The van der Waals surface area contributed by atoms with Crippen LogP contribution in [0.5, 0.6) is 5.75 Å². The Kier molecular flexibility index (Phi) is 4.65. The first-order chi connectivity index (χ1) is 10.4. The molecule has 0 saturated heterocycles. The molecule has 1 aromatic rings. The number of hydrogen-bond acceptors (Lipinski definition) is 3. The van der Waals surface area contributed by atoms with Crippen LogP contribution in [0.4, 0.5) is 5.69 Å². The summed E-state index contributed by atoms with van der Waals surface area (Å²) in [6, 6.07) is 7.05. The highest BCUT2D eigenvalue weighted by Crippen LogP contribution is 2.22. The molecule has 0 saturated carbocycles. The fourth-order valence-electron chi connectivity index (χ4n) is 2.13. The van der Waals surface area contributed by atoms with E-state index in [2.05, 4.69) is 5.32 Å². The van der Waals surface area contributed by atoms with Gasteiger partial charge in [0.15, 0.2) is 0 Å². The molecule has 1 aliphatic heterocycles. The third kappa shape index (κ3) is 3.36. The molecule has 2 rings (SSSR count). The minimum atomic E-state index is -0.987. The molecular weight excluding hydrogens is 280 g/mol. The zero-order chi connectivity index (χ0) is 16.2. The Balaban J connectivity index is 2.13. The van der Waals surface area contributed by atoms with E-state index in [1.165, 1.54) is 4.90 Å². The summed E-state index contributed by atoms with van der Waals surface area (Å²) in [4.78, 5) is 26.1. The fourth-order valence-corrected chi connectivity index (χ4v) is 2.13. The number of anilines is 1. The van der Waals surface area contributed by atoms with Crippen LogP contribution >= 0.6 is 0 Å². The van der Waals surface area contributed by atoms with Crippen molar-refractivity contribution < 1.29 is 14.3 Å². The van der Waals surface area contributed by atoms with Gasteiger partial charge in [-0.1, -0.05) is 12.2 Å². The van der Waals surface area contributed by atoms with E-state index in [-0.39, 0.29) is 18.2 Å². The first-order valence-corrected chi connectivity index (χ1v) is 7.06. The van der Waals surface area contributed by atoms with Crippen molar-refractivity contribution in [2.75, 3.05) is 12.4 Å². The summed E-state index contributed by atoms with van der Waals surface area (Å²) >= 11 is 0. The van der Waals surface area contributed by atoms with Crippen molar-refractivity contribution in [1.82, 2.24) is 4.90 Å². The van der Waals surface area contributed by atoms with Gasteiger partial charge in [-0.2, -0.15) is 0 Å². The zero-order valence-corrected chi connectivity index (χ0v) is 13.0. The smallest absolute Gasteiger partial charge is 0.250 e. The number of ether oxygens (including phenoxy) is 1. The molecule has 1 N–H and O–H groups in total. The Labute approximate surface area is 130 Å². The molecule has 0 spiro atoms. The highest BCUT2D eigenvalue weighted by atomic mass is 16.5. The van der Waals surface area contributed by atoms with E-state index < -0.39 is 5.54 Å². The second-order valence-corrected chi connectivity index (χ2v) is 5.48. The molecule has 5 heteroatoms. The predicted octanol–water partition coefficient (Wildman–Crippen LogP) is 2.71. The highest BCUT2D eigenvalue weighted by molar-refractivity contribution is 6.00. The maximum atomic E-state index is 12.6. The maximum Gasteiger partial charge on any atom is 0.250 e. The van der Waals surface area contributed by atoms with Gasteiger partial charge in [0.2, 0.25) is 11.8 Å². The van der Waals surface area contributed by atoms with Crippen LogP contribution < -0.4 is 10.1 Å². The van der Waals surface area contributed by atoms with Crippen molar-refractivity contribution in [2.45, 2.75) is 25.8 Å². The average molecular weight is 300 g/mol. The van der Waals surface area contributed by atoms with Crippen LogP contribution in [0.1, 0.15) is 20.3 Å². The van der Waals surface area contributed by atoms with Gasteiger partial charge < -0.3 is 15.0 Å². The maximum absolute atomic E-state index is 12.6. The lowest BCUT2D eigenvalue weighted by atomic mass is 10.0. The first-order valence-electron chi connectivity index (χ1n) is 7.06. The number of nitrogens with one attached hydrogen (secondary N) is 1. The topological polar surface area (TPSA) is 58.6 Å². The highest BCUT2D eigenvalue weighted by Gasteiger charge is 2.36. The summed E-state index contributed by atoms with van der Waals surface area (Å²) in [7, 11) is 1.59. The van der Waals surface area contributed by atoms with E-state index in [1.54, 1.807) is 69.7 Å². The summed E-state index contributed by atoms with van der Waals surface area (Å²) < 4.78 is 5.08. The number of amides is 2. The van der Waals surface area contributed by atoms with Crippen molar-refractivity contribution >= 4 is 17.5 Å². The molecule has 22 heavy (non-hydrogen) atoms. The molecule has 0 aliphatic carbocycles. The van der Waals surface area contributed by atoms with E-state index in [0.29, 0.717) is 11.4 Å². The van der Waals surface area contributed by atoms with Crippen LogP contribution in [-0.4, -0.2) is 29.4 Å². The number of nitrogens with zero attached hydrogens (tertiary/aromatic N) is 1. The van der Waals surface area contributed by atoms with Crippen molar-refractivity contribution in [3.63, 3.8) is 0 Å². The molecule has 116 valence electrons. The Morgan fingerprint density at radius 2 is 1.91 bits per heavy atom. The molecule has 0 aromatic heterocycles. The lowest BCUT2D eigenvalue weighted by Crippen LogP contribution is -2.52. The van der Waals surface area contributed by atoms with E-state index in [9.17, 15) is 9.59 Å². The first kappa shape index (κ1) is 15.8. The Bertz CT molecular complexity index is 615. The molecule has 1 heterocycles. The molecule has 5 nitrogen and oxygen atoms in total. The van der Waals surface area contributed by atoms with Gasteiger partial charge in [-0.25, -0.2) is 0 Å². The summed E-state index contributed by atoms with van der Waals surface area (Å²) in [5.74, 6) is 0.353. The van der Waals surface area contributed by atoms with Crippen LogP contribution in [-0.2, 0) is 9.59 Å². The quantitative estimate of drug-likeness (QED) is 0.930. The third-order valence-corrected chi connectivity index (χ3v) is 3.55. The lowest BCUT2D eigenvalue weighted by Gasteiger charge is -2.34. The number of benzene rings is 1. The van der Waals surface area contributed by atoms with E-state index in [4.69, 9.17) is 4.74 Å². The van der Waals surface area contributed by atoms with Crippen LogP contribution in [0, 0.1) is 0 Å². The van der Waals surface area contributed by atoms with Crippen molar-refractivity contribution in [1.29, 1.82) is 0 Å². The molecule has 1 aliphatic rings. The fraction of sp³-hybridized carbons (Fsp3) is 0.294. The molecule has 1 aromatic carbocycles. The predicted molar refractivity (Wildman–Crippen MR) is 85.4 cm³/mol. The van der Waals surface area contributed by atoms with Crippen molar-refractivity contribution in [3.8, 4) is 5.75 Å².